The summed E-state index contributed by atoms with van der Waals surface area (Å²) in [6.07, 6.45) is 2.37. The molecule has 2 aromatic rings. The minimum atomic E-state index is -0.343. The first-order chi connectivity index (χ1) is 9.16. The van der Waals surface area contributed by atoms with Gasteiger partial charge in [0, 0.05) is 11.6 Å². The molecule has 0 aliphatic rings. The first kappa shape index (κ1) is 14.1. The average molecular weight is 292 g/mol. The summed E-state index contributed by atoms with van der Waals surface area (Å²) in [6.45, 7) is 1.93. The molecule has 2 atom stereocenters. The Kier molecular flexibility index (Phi) is 4.99. The second-order valence-corrected chi connectivity index (χ2v) is 5.86. The molecule has 0 aliphatic carbocycles. The molecule has 0 aliphatic heterocycles. The number of amides is 1. The molecule has 0 spiro atoms. The van der Waals surface area contributed by atoms with Gasteiger partial charge < -0.3 is 5.32 Å². The summed E-state index contributed by atoms with van der Waals surface area (Å²) in [5.74, 6) is -0.0603. The minimum Gasteiger partial charge on any atom is -0.346 e. The summed E-state index contributed by atoms with van der Waals surface area (Å²) >= 11 is 5.92. The van der Waals surface area contributed by atoms with Crippen molar-refractivity contribution < 1.29 is 4.79 Å². The highest BCUT2D eigenvalue weighted by Gasteiger charge is 2.18. The highest BCUT2D eigenvalue weighted by atomic mass is 32.1. The van der Waals surface area contributed by atoms with Crippen LogP contribution in [-0.2, 0) is 11.2 Å². The van der Waals surface area contributed by atoms with Gasteiger partial charge in [-0.2, -0.15) is 12.6 Å². The summed E-state index contributed by atoms with van der Waals surface area (Å²) in [7, 11) is 0. The van der Waals surface area contributed by atoms with Crippen LogP contribution in [0.4, 0.5) is 0 Å². The summed E-state index contributed by atoms with van der Waals surface area (Å²) in [6, 6.07) is 9.82. The Morgan fingerprint density at radius 3 is 2.79 bits per heavy atom. The molecule has 100 valence electrons. The summed E-state index contributed by atoms with van der Waals surface area (Å²) in [5.41, 5.74) is 1.11. The van der Waals surface area contributed by atoms with E-state index in [0.717, 1.165) is 10.6 Å². The van der Waals surface area contributed by atoms with E-state index >= 15 is 0 Å². The highest BCUT2D eigenvalue weighted by Crippen LogP contribution is 2.16. The van der Waals surface area contributed by atoms with Crippen molar-refractivity contribution in [3.05, 3.63) is 52.5 Å². The first-order valence-corrected chi connectivity index (χ1v) is 7.48. The summed E-state index contributed by atoms with van der Waals surface area (Å²) < 4.78 is 0. The molecule has 5 heteroatoms. The third-order valence-corrected chi connectivity index (χ3v) is 4.13. The van der Waals surface area contributed by atoms with Crippen LogP contribution < -0.4 is 5.32 Å². The summed E-state index contributed by atoms with van der Waals surface area (Å²) in [5, 5.41) is 5.41. The van der Waals surface area contributed by atoms with Crippen LogP contribution in [0, 0.1) is 0 Å². The number of aromatic nitrogens is 1. The Hall–Kier alpha value is -1.33. The number of hydrogen-bond donors (Lipinski definition) is 2. The molecule has 0 radical (unpaired) electrons. The number of nitrogens with one attached hydrogen (secondary N) is 1. The number of thiol groups is 1. The van der Waals surface area contributed by atoms with Crippen molar-refractivity contribution in [3.8, 4) is 0 Å². The topological polar surface area (TPSA) is 42.0 Å². The number of carbonyl (C=O) groups is 1. The van der Waals surface area contributed by atoms with Crippen LogP contribution >= 0.6 is 24.0 Å². The Balaban J connectivity index is 1.89. The zero-order valence-corrected chi connectivity index (χ0v) is 12.3. The lowest BCUT2D eigenvalue weighted by atomic mass is 10.1. The van der Waals surface area contributed by atoms with Crippen molar-refractivity contribution in [2.24, 2.45) is 0 Å². The standard InChI is InChI=1S/C14H16N2OS2/c1-10(14-15-7-8-19-14)16-13(17)12(18)9-11-5-3-2-4-6-11/h2-8,10,12,18H,9H2,1H3,(H,16,17). The second kappa shape index (κ2) is 6.73. The lowest BCUT2D eigenvalue weighted by molar-refractivity contribution is -0.121. The van der Waals surface area contributed by atoms with E-state index in [4.69, 9.17) is 0 Å². The molecule has 0 bridgehead atoms. The van der Waals surface area contributed by atoms with Crippen LogP contribution in [-0.4, -0.2) is 16.1 Å². The van der Waals surface area contributed by atoms with Gasteiger partial charge >= 0.3 is 0 Å². The van der Waals surface area contributed by atoms with Crippen molar-refractivity contribution in [1.29, 1.82) is 0 Å². The van der Waals surface area contributed by atoms with Gasteiger partial charge in [-0.05, 0) is 18.9 Å². The molecule has 0 saturated carbocycles. The maximum absolute atomic E-state index is 12.0. The lowest BCUT2D eigenvalue weighted by Crippen LogP contribution is -2.34. The molecule has 0 fully saturated rings. The predicted molar refractivity (Wildman–Crippen MR) is 81.6 cm³/mol. The quantitative estimate of drug-likeness (QED) is 0.832. The molecule has 2 rings (SSSR count). The Morgan fingerprint density at radius 2 is 2.16 bits per heavy atom. The maximum Gasteiger partial charge on any atom is 0.233 e. The molecule has 1 amide bonds. The SMILES string of the molecule is CC(NC(=O)C(S)Cc1ccccc1)c1nccs1. The number of thiazole rings is 1. The Bertz CT molecular complexity index is 514. The van der Waals surface area contributed by atoms with Gasteiger partial charge in [-0.1, -0.05) is 30.3 Å². The normalized spacial score (nSPS) is 13.8. The van der Waals surface area contributed by atoms with Crippen molar-refractivity contribution in [1.82, 2.24) is 10.3 Å². The van der Waals surface area contributed by atoms with Gasteiger partial charge in [-0.3, -0.25) is 4.79 Å². The van der Waals surface area contributed by atoms with Crippen LogP contribution in [0.15, 0.2) is 41.9 Å². The molecule has 1 N–H and O–H groups in total. The Morgan fingerprint density at radius 1 is 1.42 bits per heavy atom. The molecular formula is C14H16N2OS2. The van der Waals surface area contributed by atoms with E-state index in [2.05, 4.69) is 22.9 Å². The van der Waals surface area contributed by atoms with Crippen LogP contribution in [0.3, 0.4) is 0 Å². The molecule has 19 heavy (non-hydrogen) atoms. The number of rotatable bonds is 5. The van der Waals surface area contributed by atoms with Gasteiger partial charge in [0.15, 0.2) is 0 Å². The van der Waals surface area contributed by atoms with Gasteiger partial charge in [0.2, 0.25) is 5.91 Å². The first-order valence-electron chi connectivity index (χ1n) is 6.08. The molecule has 3 nitrogen and oxygen atoms in total. The van der Waals surface area contributed by atoms with Gasteiger partial charge in [0.1, 0.15) is 5.01 Å². The molecule has 1 aromatic heterocycles. The van der Waals surface area contributed by atoms with Gasteiger partial charge in [0.25, 0.3) is 0 Å². The summed E-state index contributed by atoms with van der Waals surface area (Å²) in [4.78, 5) is 16.2. The third kappa shape index (κ3) is 4.08. The Labute approximate surface area is 122 Å². The van der Waals surface area contributed by atoms with Crippen molar-refractivity contribution in [3.63, 3.8) is 0 Å². The fraction of sp³-hybridized carbons (Fsp3) is 0.286. The molecule has 1 aromatic carbocycles. The zero-order valence-electron chi connectivity index (χ0n) is 10.6. The van der Waals surface area contributed by atoms with Crippen molar-refractivity contribution in [2.45, 2.75) is 24.6 Å². The smallest absolute Gasteiger partial charge is 0.233 e. The van der Waals surface area contributed by atoms with E-state index in [1.54, 1.807) is 6.20 Å². The number of benzene rings is 1. The molecule has 0 saturated heterocycles. The van der Waals surface area contributed by atoms with Gasteiger partial charge in [-0.25, -0.2) is 4.98 Å². The number of nitrogens with zero attached hydrogens (tertiary/aromatic N) is 1. The van der Waals surface area contributed by atoms with E-state index in [1.807, 2.05) is 42.6 Å². The van der Waals surface area contributed by atoms with Crippen LogP contribution in [0.1, 0.15) is 23.5 Å². The van der Waals surface area contributed by atoms with Crippen molar-refractivity contribution >= 4 is 29.9 Å². The van der Waals surface area contributed by atoms with Gasteiger partial charge in [-0.15, -0.1) is 11.3 Å². The molecular weight excluding hydrogens is 276 g/mol. The average Bonchev–Trinajstić information content (AvgIpc) is 2.93. The number of carbonyl (C=O) groups excluding carboxylic acids is 1. The second-order valence-electron chi connectivity index (χ2n) is 4.31. The molecule has 1 heterocycles. The lowest BCUT2D eigenvalue weighted by Gasteiger charge is -2.15. The van der Waals surface area contributed by atoms with E-state index in [1.165, 1.54) is 11.3 Å². The van der Waals surface area contributed by atoms with E-state index in [9.17, 15) is 4.79 Å². The minimum absolute atomic E-state index is 0.0603. The van der Waals surface area contributed by atoms with Gasteiger partial charge in [0.05, 0.1) is 11.3 Å². The highest BCUT2D eigenvalue weighted by molar-refractivity contribution is 7.81. The van der Waals surface area contributed by atoms with E-state index in [0.29, 0.717) is 6.42 Å². The van der Waals surface area contributed by atoms with Crippen LogP contribution in [0.5, 0.6) is 0 Å². The number of hydrogen-bond acceptors (Lipinski definition) is 4. The molecule has 2 unspecified atom stereocenters. The van der Waals surface area contributed by atoms with E-state index < -0.39 is 0 Å². The third-order valence-electron chi connectivity index (χ3n) is 2.76. The largest absolute Gasteiger partial charge is 0.346 e. The predicted octanol–water partition coefficient (Wildman–Crippen LogP) is 2.86. The van der Waals surface area contributed by atoms with Crippen molar-refractivity contribution in [2.75, 3.05) is 0 Å². The monoisotopic (exact) mass is 292 g/mol. The fourth-order valence-corrected chi connectivity index (χ4v) is 2.68. The van der Waals surface area contributed by atoms with E-state index in [-0.39, 0.29) is 17.2 Å². The zero-order chi connectivity index (χ0) is 13.7. The fourth-order valence-electron chi connectivity index (χ4n) is 1.75. The van der Waals surface area contributed by atoms with Crippen LogP contribution in [0.25, 0.3) is 0 Å². The van der Waals surface area contributed by atoms with Crippen LogP contribution in [0.2, 0.25) is 0 Å². The maximum atomic E-state index is 12.0.